The van der Waals surface area contributed by atoms with Gasteiger partial charge in [-0.15, -0.1) is 0 Å². The lowest BCUT2D eigenvalue weighted by Crippen LogP contribution is -2.41. The lowest BCUT2D eigenvalue weighted by Gasteiger charge is -2.22. The zero-order chi connectivity index (χ0) is 33.7. The van der Waals surface area contributed by atoms with Crippen molar-refractivity contribution >= 4 is 38.0 Å². The molecule has 0 spiro atoms. The Balaban J connectivity index is 0.000000200. The highest BCUT2D eigenvalue weighted by molar-refractivity contribution is 7.88. The maximum atomic E-state index is 12.4. The molecule has 3 heterocycles. The Morgan fingerprint density at radius 2 is 1.17 bits per heavy atom. The molecular formula is C31H43N3O10S2. The second-order valence-corrected chi connectivity index (χ2v) is 14.9. The number of hydrogen-bond acceptors (Lipinski definition) is 10. The normalized spacial score (nSPS) is 21.7. The van der Waals surface area contributed by atoms with Crippen molar-refractivity contribution in [2.45, 2.75) is 68.2 Å². The van der Waals surface area contributed by atoms with E-state index in [0.717, 1.165) is 29.3 Å². The predicted molar refractivity (Wildman–Crippen MR) is 170 cm³/mol. The van der Waals surface area contributed by atoms with Crippen LogP contribution in [0.3, 0.4) is 0 Å². The Morgan fingerprint density at radius 1 is 0.717 bits per heavy atom. The van der Waals surface area contributed by atoms with E-state index in [9.17, 15) is 31.2 Å². The van der Waals surface area contributed by atoms with E-state index in [1.807, 2.05) is 12.1 Å². The van der Waals surface area contributed by atoms with Gasteiger partial charge in [0.05, 0.1) is 25.7 Å². The zero-order valence-corrected chi connectivity index (χ0v) is 27.7. The van der Waals surface area contributed by atoms with Gasteiger partial charge < -0.3 is 19.9 Å². The molecule has 0 amide bonds. The molecule has 0 aromatic heterocycles. The molecule has 0 unspecified atom stereocenters. The first-order chi connectivity index (χ1) is 21.9. The SMILES string of the molecule is COC(=O)[C@@H]1CCCN1.COC(=O)[C@@H]1CCCN1S(=O)(=O)Cc1ccccc1.O=C(O)[C@@H]1CCCN1S(=O)(=O)Cc1ccccc1. The Hall–Kier alpha value is -3.37. The van der Waals surface area contributed by atoms with E-state index in [1.54, 1.807) is 48.5 Å². The maximum Gasteiger partial charge on any atom is 0.324 e. The number of benzene rings is 2. The third kappa shape index (κ3) is 10.6. The van der Waals surface area contributed by atoms with Crippen LogP contribution in [0.4, 0.5) is 0 Å². The number of esters is 2. The number of hydrogen-bond donors (Lipinski definition) is 2. The number of nitrogens with one attached hydrogen (secondary N) is 1. The highest BCUT2D eigenvalue weighted by atomic mass is 32.2. The van der Waals surface area contributed by atoms with Crippen molar-refractivity contribution in [2.24, 2.45) is 0 Å². The lowest BCUT2D eigenvalue weighted by molar-refractivity contribution is -0.144. The zero-order valence-electron chi connectivity index (χ0n) is 26.1. The van der Waals surface area contributed by atoms with E-state index in [0.29, 0.717) is 44.3 Å². The van der Waals surface area contributed by atoms with Crippen LogP contribution in [-0.2, 0) is 55.4 Å². The molecule has 3 aliphatic rings. The third-order valence-corrected chi connectivity index (χ3v) is 11.5. The highest BCUT2D eigenvalue weighted by Crippen LogP contribution is 2.25. The maximum absolute atomic E-state index is 12.4. The smallest absolute Gasteiger partial charge is 0.324 e. The first kappa shape index (κ1) is 37.1. The Kier molecular flexibility index (Phi) is 14.1. The van der Waals surface area contributed by atoms with Crippen molar-refractivity contribution in [2.75, 3.05) is 33.9 Å². The molecule has 0 aliphatic carbocycles. The minimum Gasteiger partial charge on any atom is -0.480 e. The van der Waals surface area contributed by atoms with Crippen molar-refractivity contribution in [3.8, 4) is 0 Å². The number of nitrogens with zero attached hydrogens (tertiary/aromatic N) is 2. The van der Waals surface area contributed by atoms with Crippen LogP contribution < -0.4 is 5.32 Å². The summed E-state index contributed by atoms with van der Waals surface area (Å²) in [5.41, 5.74) is 1.39. The Morgan fingerprint density at radius 3 is 1.59 bits per heavy atom. The number of rotatable bonds is 9. The number of aliphatic carboxylic acids is 1. The third-order valence-electron chi connectivity index (χ3n) is 7.81. The van der Waals surface area contributed by atoms with Crippen molar-refractivity contribution in [1.82, 2.24) is 13.9 Å². The summed E-state index contributed by atoms with van der Waals surface area (Å²) in [6, 6.07) is 16.2. The molecule has 0 radical (unpaired) electrons. The Bertz CT molecular complexity index is 1500. The van der Waals surface area contributed by atoms with Gasteiger partial charge in [0.25, 0.3) is 0 Å². The van der Waals surface area contributed by atoms with Gasteiger partial charge in [-0.25, -0.2) is 16.8 Å². The van der Waals surface area contributed by atoms with Crippen molar-refractivity contribution in [3.05, 3.63) is 71.8 Å². The molecule has 254 valence electrons. The summed E-state index contributed by atoms with van der Waals surface area (Å²) in [6.45, 7) is 1.63. The fraction of sp³-hybridized carbons (Fsp3) is 0.516. The van der Waals surface area contributed by atoms with Gasteiger partial charge in [-0.2, -0.15) is 8.61 Å². The molecule has 3 aliphatic heterocycles. The van der Waals surface area contributed by atoms with Crippen molar-refractivity contribution in [1.29, 1.82) is 0 Å². The first-order valence-corrected chi connectivity index (χ1v) is 18.3. The molecule has 15 heteroatoms. The van der Waals surface area contributed by atoms with E-state index in [1.165, 1.54) is 18.5 Å². The molecule has 0 bridgehead atoms. The molecule has 5 rings (SSSR count). The quantitative estimate of drug-likeness (QED) is 0.371. The number of carbonyl (C=O) groups is 3. The van der Waals surface area contributed by atoms with Crippen molar-refractivity contribution in [3.63, 3.8) is 0 Å². The van der Waals surface area contributed by atoms with Crippen LogP contribution in [-0.4, -0.2) is 100 Å². The molecule has 2 aromatic rings. The summed E-state index contributed by atoms with van der Waals surface area (Å²) in [6.07, 6.45) is 4.22. The lowest BCUT2D eigenvalue weighted by atomic mass is 10.2. The van der Waals surface area contributed by atoms with Crippen LogP contribution in [0.2, 0.25) is 0 Å². The van der Waals surface area contributed by atoms with Crippen LogP contribution in [0.5, 0.6) is 0 Å². The first-order valence-electron chi connectivity index (χ1n) is 15.1. The average molecular weight is 682 g/mol. The standard InChI is InChI=1S/C13H17NO4S.C12H15NO4S.C6H11NO2/c1-18-13(15)12-8-5-9-14(12)19(16,17)10-11-6-3-2-4-7-11;14-12(15)11-7-4-8-13(11)18(16,17)9-10-5-2-1-3-6-10;1-9-6(8)5-3-2-4-7-5/h2-4,6-7,12H,5,8-10H2,1H3;1-3,5-6,11H,4,7-9H2,(H,14,15);5,7H,2-4H2,1H3/t12-;11-;5-/m000/s1. The van der Waals surface area contributed by atoms with Crippen LogP contribution in [0.1, 0.15) is 49.7 Å². The topological polar surface area (TPSA) is 177 Å². The average Bonchev–Trinajstić information content (AvgIpc) is 3.84. The van der Waals surface area contributed by atoms with Gasteiger partial charge in [-0.3, -0.25) is 14.4 Å². The molecule has 0 saturated carbocycles. The van der Waals surface area contributed by atoms with Crippen LogP contribution >= 0.6 is 0 Å². The number of carbonyl (C=O) groups excluding carboxylic acids is 2. The summed E-state index contributed by atoms with van der Waals surface area (Å²) < 4.78 is 60.6. The van der Waals surface area contributed by atoms with Gasteiger partial charge in [0.1, 0.15) is 18.1 Å². The number of carboxylic acid groups (broad SMARTS) is 1. The minimum atomic E-state index is -3.55. The summed E-state index contributed by atoms with van der Waals surface area (Å²) in [5, 5.41) is 12.0. The van der Waals surface area contributed by atoms with Gasteiger partial charge in [0, 0.05) is 13.1 Å². The molecule has 46 heavy (non-hydrogen) atoms. The summed E-state index contributed by atoms with van der Waals surface area (Å²) in [7, 11) is -4.34. The minimum absolute atomic E-state index is 0.0324. The fourth-order valence-electron chi connectivity index (χ4n) is 5.53. The van der Waals surface area contributed by atoms with Gasteiger partial charge in [-0.1, -0.05) is 60.7 Å². The van der Waals surface area contributed by atoms with Gasteiger partial charge >= 0.3 is 17.9 Å². The largest absolute Gasteiger partial charge is 0.480 e. The number of methoxy groups -OCH3 is 2. The summed E-state index contributed by atoms with van der Waals surface area (Å²) in [5.74, 6) is -1.90. The van der Waals surface area contributed by atoms with E-state index in [-0.39, 0.29) is 23.5 Å². The molecule has 3 atom stereocenters. The van der Waals surface area contributed by atoms with Crippen molar-refractivity contribution < 1.29 is 45.8 Å². The predicted octanol–water partition coefficient (Wildman–Crippen LogP) is 2.13. The van der Waals surface area contributed by atoms with Crippen LogP contribution in [0.25, 0.3) is 0 Å². The second-order valence-electron chi connectivity index (χ2n) is 11.1. The monoisotopic (exact) mass is 681 g/mol. The van der Waals surface area contributed by atoms with Crippen LogP contribution in [0.15, 0.2) is 60.7 Å². The van der Waals surface area contributed by atoms with E-state index in [2.05, 4.69) is 14.8 Å². The molecule has 13 nitrogen and oxygen atoms in total. The summed E-state index contributed by atoms with van der Waals surface area (Å²) in [4.78, 5) is 33.3. The van der Waals surface area contributed by atoms with Gasteiger partial charge in [0.15, 0.2) is 0 Å². The van der Waals surface area contributed by atoms with Gasteiger partial charge in [0.2, 0.25) is 20.0 Å². The summed E-state index contributed by atoms with van der Waals surface area (Å²) >= 11 is 0. The highest BCUT2D eigenvalue weighted by Gasteiger charge is 2.40. The fourth-order valence-corrected chi connectivity index (χ4v) is 9.06. The molecule has 3 saturated heterocycles. The number of sulfonamides is 2. The van der Waals surface area contributed by atoms with E-state index in [4.69, 9.17) is 5.11 Å². The number of carboxylic acids is 1. The van der Waals surface area contributed by atoms with E-state index >= 15 is 0 Å². The molecule has 3 fully saturated rings. The number of ether oxygens (including phenoxy) is 2. The van der Waals surface area contributed by atoms with E-state index < -0.39 is 44.1 Å². The van der Waals surface area contributed by atoms with Gasteiger partial charge in [-0.05, 0) is 56.2 Å². The molecule has 2 N–H and O–H groups in total. The second kappa shape index (κ2) is 17.5. The molecule has 2 aromatic carbocycles. The molecular weight excluding hydrogens is 638 g/mol. The Labute approximate surface area is 271 Å². The van der Waals surface area contributed by atoms with Crippen LogP contribution in [0, 0.1) is 0 Å².